The fourth-order valence-corrected chi connectivity index (χ4v) is 2.51. The molecule has 0 amide bonds. The fraction of sp³-hybridized carbons (Fsp3) is 0.364. The van der Waals surface area contributed by atoms with E-state index >= 15 is 0 Å². The van der Waals surface area contributed by atoms with Gasteiger partial charge in [-0.2, -0.15) is 0 Å². The Morgan fingerprint density at radius 1 is 1.31 bits per heavy atom. The van der Waals surface area contributed by atoms with E-state index in [2.05, 4.69) is 0 Å². The van der Waals surface area contributed by atoms with Crippen LogP contribution < -0.4 is 5.73 Å². The smallest absolute Gasteiger partial charge is 0.156 e. The second-order valence-corrected chi connectivity index (χ2v) is 4.87. The molecule has 1 atom stereocenters. The summed E-state index contributed by atoms with van der Waals surface area (Å²) in [7, 11) is 11.5. The third kappa shape index (κ3) is 1.80. The summed E-state index contributed by atoms with van der Waals surface area (Å²) < 4.78 is 0. The maximum absolute atomic E-state index is 11.9. The van der Waals surface area contributed by atoms with E-state index in [0.29, 0.717) is 10.6 Å². The van der Waals surface area contributed by atoms with E-state index < -0.39 is 10.8 Å². The highest BCUT2D eigenvalue weighted by Gasteiger charge is 2.48. The number of rotatable bonds is 1. The quantitative estimate of drug-likeness (QED) is 0.738. The molecule has 1 fully saturated rings. The molecule has 1 aromatic rings. The molecule has 1 aliphatic rings. The van der Waals surface area contributed by atoms with Crippen LogP contribution in [0.3, 0.4) is 0 Å². The minimum absolute atomic E-state index is 0.0781. The van der Waals surface area contributed by atoms with Gasteiger partial charge in [0.25, 0.3) is 0 Å². The first kappa shape index (κ1) is 11.7. The second kappa shape index (κ2) is 3.64. The molecular formula is C11H10B2ClNO. The molecule has 78 valence electrons. The molecule has 1 saturated carbocycles. The molecule has 0 heterocycles. The fourth-order valence-electron chi connectivity index (χ4n) is 2.21. The van der Waals surface area contributed by atoms with Crippen molar-refractivity contribution in [3.05, 3.63) is 34.9 Å². The van der Waals surface area contributed by atoms with Crippen LogP contribution >= 0.6 is 11.6 Å². The van der Waals surface area contributed by atoms with Crippen molar-refractivity contribution in [2.24, 2.45) is 5.73 Å². The van der Waals surface area contributed by atoms with E-state index in [0.717, 1.165) is 0 Å². The van der Waals surface area contributed by atoms with E-state index in [-0.39, 0.29) is 18.6 Å². The molecule has 0 bridgehead atoms. The zero-order valence-corrected chi connectivity index (χ0v) is 9.50. The first-order chi connectivity index (χ1) is 7.35. The summed E-state index contributed by atoms with van der Waals surface area (Å²) in [6.45, 7) is 0. The molecule has 1 unspecified atom stereocenters. The predicted molar refractivity (Wildman–Crippen MR) is 65.8 cm³/mol. The van der Waals surface area contributed by atoms with Gasteiger partial charge < -0.3 is 5.73 Å². The third-order valence-corrected chi connectivity index (χ3v) is 3.28. The Labute approximate surface area is 102 Å². The van der Waals surface area contributed by atoms with Crippen LogP contribution in [0.25, 0.3) is 0 Å². The number of halogens is 1. The molecule has 2 rings (SSSR count). The Kier molecular flexibility index (Phi) is 2.67. The maximum Gasteiger partial charge on any atom is 0.156 e. The van der Waals surface area contributed by atoms with Crippen molar-refractivity contribution in [2.45, 2.75) is 23.6 Å². The molecule has 2 nitrogen and oxygen atoms in total. The molecule has 1 aromatic carbocycles. The molecule has 2 N–H and O–H groups in total. The number of ketones is 1. The lowest BCUT2D eigenvalue weighted by atomic mass is 9.53. The summed E-state index contributed by atoms with van der Waals surface area (Å²) in [4.78, 5) is 11.9. The standard InChI is InChI=1S/C11H10B2ClNO/c12-10(13)5-9(16)11(15,6-10)7-3-1-2-4-8(7)14/h1-4H,5-6,15H2. The first-order valence-corrected chi connectivity index (χ1v) is 5.38. The Morgan fingerprint density at radius 2 is 1.94 bits per heavy atom. The van der Waals surface area contributed by atoms with Crippen molar-refractivity contribution in [1.82, 2.24) is 0 Å². The highest BCUT2D eigenvalue weighted by Crippen LogP contribution is 2.47. The van der Waals surface area contributed by atoms with Crippen molar-refractivity contribution in [2.75, 3.05) is 0 Å². The van der Waals surface area contributed by atoms with Crippen molar-refractivity contribution in [3.8, 4) is 0 Å². The molecule has 1 aliphatic carbocycles. The predicted octanol–water partition coefficient (Wildman–Crippen LogP) is 1.31. The van der Waals surface area contributed by atoms with E-state index in [9.17, 15) is 4.79 Å². The summed E-state index contributed by atoms with van der Waals surface area (Å²) in [5.74, 6) is -0.161. The largest absolute Gasteiger partial charge is 0.315 e. The molecule has 0 spiro atoms. The third-order valence-electron chi connectivity index (χ3n) is 2.95. The van der Waals surface area contributed by atoms with Crippen LogP contribution in [0.5, 0.6) is 0 Å². The van der Waals surface area contributed by atoms with Gasteiger partial charge in [0.05, 0.1) is 15.7 Å². The van der Waals surface area contributed by atoms with Crippen molar-refractivity contribution in [3.63, 3.8) is 0 Å². The van der Waals surface area contributed by atoms with E-state index in [1.54, 1.807) is 24.3 Å². The van der Waals surface area contributed by atoms with E-state index in [1.165, 1.54) is 0 Å². The van der Waals surface area contributed by atoms with Gasteiger partial charge in [-0.15, -0.1) is 0 Å². The molecule has 0 saturated heterocycles. The lowest BCUT2D eigenvalue weighted by molar-refractivity contribution is -0.122. The average molecular weight is 229 g/mol. The van der Waals surface area contributed by atoms with Gasteiger partial charge in [0, 0.05) is 5.02 Å². The number of nitrogens with two attached hydrogens (primary N) is 1. The van der Waals surface area contributed by atoms with Gasteiger partial charge in [0.15, 0.2) is 5.78 Å². The Bertz CT molecular complexity index is 449. The Morgan fingerprint density at radius 3 is 2.44 bits per heavy atom. The summed E-state index contributed by atoms with van der Waals surface area (Å²) >= 11 is 6.04. The van der Waals surface area contributed by atoms with Gasteiger partial charge in [-0.3, -0.25) is 4.79 Å². The van der Waals surface area contributed by atoms with E-state index in [4.69, 9.17) is 33.0 Å². The summed E-state index contributed by atoms with van der Waals surface area (Å²) in [6, 6.07) is 7.01. The molecule has 16 heavy (non-hydrogen) atoms. The monoisotopic (exact) mass is 229 g/mol. The average Bonchev–Trinajstić information content (AvgIpc) is 2.36. The number of hydrogen-bond acceptors (Lipinski definition) is 2. The zero-order valence-electron chi connectivity index (χ0n) is 8.74. The van der Waals surface area contributed by atoms with Gasteiger partial charge in [-0.1, -0.05) is 35.0 Å². The number of hydrogen-bond donors (Lipinski definition) is 1. The topological polar surface area (TPSA) is 43.1 Å². The highest BCUT2D eigenvalue weighted by molar-refractivity contribution is 6.42. The van der Waals surface area contributed by atoms with Crippen molar-refractivity contribution in [1.29, 1.82) is 0 Å². The highest BCUT2D eigenvalue weighted by atomic mass is 35.5. The van der Waals surface area contributed by atoms with Crippen LogP contribution in [-0.4, -0.2) is 21.5 Å². The van der Waals surface area contributed by atoms with Crippen molar-refractivity contribution >= 4 is 33.1 Å². The molecular weight excluding hydrogens is 219 g/mol. The van der Waals surface area contributed by atoms with Crippen LogP contribution in [0.1, 0.15) is 18.4 Å². The van der Waals surface area contributed by atoms with Crippen molar-refractivity contribution < 1.29 is 4.79 Å². The maximum atomic E-state index is 11.9. The SMILES string of the molecule is [B]C1([B])CC(=O)C(N)(c2ccccc2Cl)C1. The van der Waals surface area contributed by atoms with Crippen LogP contribution in [0.4, 0.5) is 0 Å². The lowest BCUT2D eigenvalue weighted by Gasteiger charge is -2.26. The van der Waals surface area contributed by atoms with Gasteiger partial charge in [-0.05, 0) is 24.5 Å². The summed E-state index contributed by atoms with van der Waals surface area (Å²) in [5.41, 5.74) is 5.55. The number of carbonyl (C=O) groups excluding carboxylic acids is 1. The molecule has 0 aromatic heterocycles. The van der Waals surface area contributed by atoms with Gasteiger partial charge in [-0.25, -0.2) is 0 Å². The van der Waals surface area contributed by atoms with Gasteiger partial charge in [0.1, 0.15) is 5.54 Å². The number of benzene rings is 1. The van der Waals surface area contributed by atoms with Crippen LogP contribution in [0, 0.1) is 0 Å². The molecule has 0 aliphatic heterocycles. The van der Waals surface area contributed by atoms with Gasteiger partial charge >= 0.3 is 0 Å². The lowest BCUT2D eigenvalue weighted by Crippen LogP contribution is -2.41. The number of Topliss-reactive ketones (excluding diaryl/α,β-unsaturated/α-hetero) is 1. The molecule has 5 heteroatoms. The normalized spacial score (nSPS) is 28.2. The summed E-state index contributed by atoms with van der Waals surface area (Å²) in [6.07, 6.45) is 0.289. The molecule has 4 radical (unpaired) electrons. The second-order valence-electron chi connectivity index (χ2n) is 4.46. The van der Waals surface area contributed by atoms with E-state index in [1.807, 2.05) is 0 Å². The minimum Gasteiger partial charge on any atom is -0.315 e. The Balaban J connectivity index is 2.48. The number of carbonyl (C=O) groups is 1. The van der Waals surface area contributed by atoms with Gasteiger partial charge in [0.2, 0.25) is 0 Å². The summed E-state index contributed by atoms with van der Waals surface area (Å²) in [5, 5.41) is -0.568. The van der Waals surface area contributed by atoms with Crippen LogP contribution in [0.2, 0.25) is 10.2 Å². The Hall–Kier alpha value is -0.730. The van der Waals surface area contributed by atoms with Crippen LogP contribution in [-0.2, 0) is 10.3 Å². The zero-order chi connectivity index (χ0) is 12.0. The minimum atomic E-state index is -1.15. The first-order valence-electron chi connectivity index (χ1n) is 5.00. The van der Waals surface area contributed by atoms with Crippen LogP contribution in [0.15, 0.2) is 24.3 Å².